The first kappa shape index (κ1) is 15.3. The number of carbonyl (C=O) groups excluding carboxylic acids is 1. The van der Waals surface area contributed by atoms with Crippen molar-refractivity contribution in [3.05, 3.63) is 58.1 Å². The lowest BCUT2D eigenvalue weighted by Gasteiger charge is -2.07. The summed E-state index contributed by atoms with van der Waals surface area (Å²) in [6.07, 6.45) is 0. The average molecular weight is 335 g/mol. The molecule has 0 bridgehead atoms. The van der Waals surface area contributed by atoms with Crippen molar-refractivity contribution in [1.82, 2.24) is 15.5 Å². The van der Waals surface area contributed by atoms with Gasteiger partial charge in [-0.3, -0.25) is 4.79 Å². The molecule has 0 radical (unpaired) electrons. The van der Waals surface area contributed by atoms with Gasteiger partial charge in [0, 0.05) is 5.56 Å². The number of hydrogen-bond acceptors (Lipinski definition) is 5. The Morgan fingerprint density at radius 1 is 1.30 bits per heavy atom. The molecule has 0 aliphatic rings. The molecule has 118 valence electrons. The maximum Gasteiger partial charge on any atom is 0.261 e. The summed E-state index contributed by atoms with van der Waals surface area (Å²) < 4.78 is 31.3. The van der Waals surface area contributed by atoms with Crippen molar-refractivity contribution in [2.24, 2.45) is 0 Å². The molecule has 1 atom stereocenters. The first-order valence-electron chi connectivity index (χ1n) is 6.68. The van der Waals surface area contributed by atoms with E-state index in [2.05, 4.69) is 15.5 Å². The highest BCUT2D eigenvalue weighted by atomic mass is 32.1. The molecule has 5 nitrogen and oxygen atoms in total. The molecule has 8 heteroatoms. The lowest BCUT2D eigenvalue weighted by Crippen LogP contribution is -2.26. The van der Waals surface area contributed by atoms with Crippen molar-refractivity contribution in [2.75, 3.05) is 0 Å². The third-order valence-electron chi connectivity index (χ3n) is 3.08. The first-order chi connectivity index (χ1) is 11.0. The number of aromatic nitrogens is 2. The molecule has 0 saturated heterocycles. The molecule has 0 saturated carbocycles. The molecule has 1 N–H and O–H groups in total. The van der Waals surface area contributed by atoms with E-state index in [4.69, 9.17) is 4.52 Å². The fraction of sp³-hybridized carbons (Fsp3) is 0.133. The van der Waals surface area contributed by atoms with Crippen LogP contribution in [-0.2, 0) is 0 Å². The van der Waals surface area contributed by atoms with Gasteiger partial charge in [0.05, 0.1) is 4.88 Å². The van der Waals surface area contributed by atoms with Crippen molar-refractivity contribution < 1.29 is 18.1 Å². The number of rotatable bonds is 4. The third-order valence-corrected chi connectivity index (χ3v) is 3.95. The minimum Gasteiger partial charge on any atom is -0.340 e. The highest BCUT2D eigenvalue weighted by molar-refractivity contribution is 7.12. The quantitative estimate of drug-likeness (QED) is 0.791. The fourth-order valence-corrected chi connectivity index (χ4v) is 2.53. The van der Waals surface area contributed by atoms with Crippen molar-refractivity contribution in [3.8, 4) is 11.4 Å². The van der Waals surface area contributed by atoms with Crippen molar-refractivity contribution in [3.63, 3.8) is 0 Å². The molecule has 3 aromatic rings. The van der Waals surface area contributed by atoms with Gasteiger partial charge in [-0.25, -0.2) is 8.78 Å². The minimum atomic E-state index is -0.993. The maximum absolute atomic E-state index is 13.2. The summed E-state index contributed by atoms with van der Waals surface area (Å²) >= 11 is 1.32. The van der Waals surface area contributed by atoms with E-state index >= 15 is 0 Å². The number of halogens is 2. The summed E-state index contributed by atoms with van der Waals surface area (Å²) in [6, 6.07) is 6.28. The molecule has 1 aromatic carbocycles. The predicted octanol–water partition coefficient (Wildman–Crippen LogP) is 3.57. The number of hydrogen-bond donors (Lipinski definition) is 1. The summed E-state index contributed by atoms with van der Waals surface area (Å²) in [5.74, 6) is -1.90. The summed E-state index contributed by atoms with van der Waals surface area (Å²) in [6.45, 7) is 1.69. The molecule has 0 aliphatic heterocycles. The van der Waals surface area contributed by atoms with Gasteiger partial charge in [0.2, 0.25) is 11.7 Å². The Labute approximate surface area is 134 Å². The van der Waals surface area contributed by atoms with Crippen LogP contribution < -0.4 is 5.32 Å². The van der Waals surface area contributed by atoms with Gasteiger partial charge in [-0.2, -0.15) is 4.98 Å². The molecule has 1 amide bonds. The topological polar surface area (TPSA) is 68.0 Å². The summed E-state index contributed by atoms with van der Waals surface area (Å²) in [5, 5.41) is 8.25. The molecular weight excluding hydrogens is 324 g/mol. The van der Waals surface area contributed by atoms with E-state index < -0.39 is 17.7 Å². The molecule has 0 spiro atoms. The largest absolute Gasteiger partial charge is 0.340 e. The molecule has 3 rings (SSSR count). The van der Waals surface area contributed by atoms with Crippen molar-refractivity contribution in [1.29, 1.82) is 0 Å². The highest BCUT2D eigenvalue weighted by Crippen LogP contribution is 2.21. The SMILES string of the molecule is C[C@H](NC(=O)c1cccs1)c1nc(-c2ccc(F)c(F)c2)no1. The van der Waals surface area contributed by atoms with Gasteiger partial charge in [0.15, 0.2) is 11.6 Å². The van der Waals surface area contributed by atoms with E-state index in [9.17, 15) is 13.6 Å². The number of nitrogens with one attached hydrogen (secondary N) is 1. The van der Waals surface area contributed by atoms with Gasteiger partial charge >= 0.3 is 0 Å². The molecule has 2 heterocycles. The van der Waals surface area contributed by atoms with Gasteiger partial charge in [0.1, 0.15) is 6.04 Å². The smallest absolute Gasteiger partial charge is 0.261 e. The first-order valence-corrected chi connectivity index (χ1v) is 7.56. The fourth-order valence-electron chi connectivity index (χ4n) is 1.90. The lowest BCUT2D eigenvalue weighted by atomic mass is 10.2. The average Bonchev–Trinajstić information content (AvgIpc) is 3.21. The second-order valence-corrected chi connectivity index (χ2v) is 5.71. The van der Waals surface area contributed by atoms with Gasteiger partial charge < -0.3 is 9.84 Å². The van der Waals surface area contributed by atoms with Crippen LogP contribution in [0.4, 0.5) is 8.78 Å². The Hall–Kier alpha value is -2.61. The number of thiophene rings is 1. The van der Waals surface area contributed by atoms with Crippen LogP contribution in [0.3, 0.4) is 0 Å². The van der Waals surface area contributed by atoms with Gasteiger partial charge in [-0.1, -0.05) is 11.2 Å². The summed E-state index contributed by atoms with van der Waals surface area (Å²) in [5.41, 5.74) is 0.288. The Morgan fingerprint density at radius 2 is 2.13 bits per heavy atom. The Morgan fingerprint density at radius 3 is 2.83 bits per heavy atom. The molecule has 0 aliphatic carbocycles. The van der Waals surface area contributed by atoms with Crippen LogP contribution in [0.5, 0.6) is 0 Å². The zero-order valence-corrected chi connectivity index (χ0v) is 12.7. The van der Waals surface area contributed by atoms with Crippen LogP contribution in [0.25, 0.3) is 11.4 Å². The van der Waals surface area contributed by atoms with E-state index in [1.54, 1.807) is 24.4 Å². The number of nitrogens with zero attached hydrogens (tertiary/aromatic N) is 2. The molecule has 0 unspecified atom stereocenters. The lowest BCUT2D eigenvalue weighted by molar-refractivity contribution is 0.0936. The Bertz CT molecular complexity index is 833. The summed E-state index contributed by atoms with van der Waals surface area (Å²) in [7, 11) is 0. The van der Waals surface area contributed by atoms with E-state index in [1.165, 1.54) is 17.4 Å². The number of benzene rings is 1. The van der Waals surface area contributed by atoms with E-state index in [0.29, 0.717) is 4.88 Å². The maximum atomic E-state index is 13.2. The van der Waals surface area contributed by atoms with Crippen LogP contribution in [0.2, 0.25) is 0 Å². The van der Waals surface area contributed by atoms with Gasteiger partial charge in [0.25, 0.3) is 5.91 Å². The van der Waals surface area contributed by atoms with Gasteiger partial charge in [-0.05, 0) is 36.6 Å². The third kappa shape index (κ3) is 3.26. The van der Waals surface area contributed by atoms with Crippen molar-refractivity contribution in [2.45, 2.75) is 13.0 Å². The van der Waals surface area contributed by atoms with E-state index in [-0.39, 0.29) is 23.2 Å². The Kier molecular flexibility index (Phi) is 4.16. The molecule has 23 heavy (non-hydrogen) atoms. The standard InChI is InChI=1S/C15H11F2N3O2S/c1-8(18-14(21)12-3-2-6-23-12)15-19-13(20-22-15)9-4-5-10(16)11(17)7-9/h2-8H,1H3,(H,18,21)/t8-/m0/s1. The van der Waals surface area contributed by atoms with Gasteiger partial charge in [-0.15, -0.1) is 11.3 Å². The zero-order chi connectivity index (χ0) is 16.4. The van der Waals surface area contributed by atoms with E-state index in [0.717, 1.165) is 12.1 Å². The predicted molar refractivity (Wildman–Crippen MR) is 79.9 cm³/mol. The molecular formula is C15H11F2N3O2S. The molecule has 0 fully saturated rings. The number of carbonyl (C=O) groups is 1. The normalized spacial score (nSPS) is 12.1. The van der Waals surface area contributed by atoms with Crippen LogP contribution in [0.1, 0.15) is 28.5 Å². The summed E-state index contributed by atoms with van der Waals surface area (Å²) in [4.78, 5) is 16.6. The zero-order valence-electron chi connectivity index (χ0n) is 11.9. The highest BCUT2D eigenvalue weighted by Gasteiger charge is 2.19. The van der Waals surface area contributed by atoms with Crippen LogP contribution in [0.15, 0.2) is 40.2 Å². The van der Waals surface area contributed by atoms with Crippen LogP contribution in [-0.4, -0.2) is 16.0 Å². The van der Waals surface area contributed by atoms with Crippen LogP contribution in [0, 0.1) is 11.6 Å². The second kappa shape index (κ2) is 6.25. The van der Waals surface area contributed by atoms with Crippen molar-refractivity contribution >= 4 is 17.2 Å². The second-order valence-electron chi connectivity index (χ2n) is 4.76. The number of amides is 1. The van der Waals surface area contributed by atoms with E-state index in [1.807, 2.05) is 0 Å². The minimum absolute atomic E-state index is 0.121. The molecule has 2 aromatic heterocycles. The Balaban J connectivity index is 1.75. The monoisotopic (exact) mass is 335 g/mol. The van der Waals surface area contributed by atoms with Crippen LogP contribution >= 0.6 is 11.3 Å².